The van der Waals surface area contributed by atoms with Crippen molar-refractivity contribution in [1.29, 1.82) is 0 Å². The van der Waals surface area contributed by atoms with Crippen LogP contribution in [-0.4, -0.2) is 51.0 Å². The highest BCUT2D eigenvalue weighted by molar-refractivity contribution is 4.72. The molecular formula is C10H21NO2. The molecule has 3 heteroatoms. The van der Waals surface area contributed by atoms with Crippen LogP contribution in [-0.2, 0) is 9.47 Å². The predicted molar refractivity (Wildman–Crippen MR) is 53.0 cm³/mol. The predicted octanol–water partition coefficient (Wildman–Crippen LogP) is 1.13. The Kier molecular flexibility index (Phi) is 5.35. The maximum Gasteiger partial charge on any atom is 0.0702 e. The van der Waals surface area contributed by atoms with Gasteiger partial charge in [0.15, 0.2) is 0 Å². The first-order valence-electron chi connectivity index (χ1n) is 5.19. The van der Waals surface area contributed by atoms with Crippen LogP contribution in [0, 0.1) is 0 Å². The summed E-state index contributed by atoms with van der Waals surface area (Å²) >= 11 is 0. The molecule has 3 nitrogen and oxygen atoms in total. The number of nitrogens with zero attached hydrogens (tertiary/aromatic N) is 1. The molecule has 0 aromatic heterocycles. The molecule has 0 amide bonds. The Labute approximate surface area is 81.0 Å². The normalized spacial score (nSPS) is 24.9. The lowest BCUT2D eigenvalue weighted by Gasteiger charge is -2.32. The van der Waals surface area contributed by atoms with Gasteiger partial charge in [-0.2, -0.15) is 0 Å². The number of ether oxygens (including phenoxy) is 2. The van der Waals surface area contributed by atoms with Gasteiger partial charge >= 0.3 is 0 Å². The third-order valence-electron chi connectivity index (χ3n) is 2.48. The number of methoxy groups -OCH3 is 1. The number of rotatable bonds is 5. The van der Waals surface area contributed by atoms with E-state index in [4.69, 9.17) is 9.47 Å². The Morgan fingerprint density at radius 3 is 3.00 bits per heavy atom. The van der Waals surface area contributed by atoms with Gasteiger partial charge < -0.3 is 9.47 Å². The van der Waals surface area contributed by atoms with Crippen LogP contribution >= 0.6 is 0 Å². The third kappa shape index (κ3) is 4.07. The van der Waals surface area contributed by atoms with Gasteiger partial charge in [-0.15, -0.1) is 0 Å². The minimum Gasteiger partial charge on any atom is -0.383 e. The van der Waals surface area contributed by atoms with Crippen molar-refractivity contribution in [1.82, 2.24) is 4.90 Å². The second-order valence-electron chi connectivity index (χ2n) is 3.51. The van der Waals surface area contributed by atoms with E-state index in [1.165, 1.54) is 19.4 Å². The van der Waals surface area contributed by atoms with Gasteiger partial charge in [0.2, 0.25) is 0 Å². The van der Waals surface area contributed by atoms with Crippen LogP contribution in [0.4, 0.5) is 0 Å². The third-order valence-corrected chi connectivity index (χ3v) is 2.48. The lowest BCUT2D eigenvalue weighted by atomic mass is 10.1. The molecule has 0 aromatic carbocycles. The Balaban J connectivity index is 2.16. The van der Waals surface area contributed by atoms with Gasteiger partial charge in [-0.1, -0.05) is 0 Å². The Hall–Kier alpha value is -0.120. The largest absolute Gasteiger partial charge is 0.383 e. The quantitative estimate of drug-likeness (QED) is 0.644. The molecule has 1 saturated heterocycles. The smallest absolute Gasteiger partial charge is 0.0702 e. The van der Waals surface area contributed by atoms with Crippen LogP contribution in [0.25, 0.3) is 0 Å². The zero-order valence-electron chi connectivity index (χ0n) is 8.79. The average molecular weight is 187 g/mol. The fourth-order valence-corrected chi connectivity index (χ4v) is 1.81. The fourth-order valence-electron chi connectivity index (χ4n) is 1.81. The summed E-state index contributed by atoms with van der Waals surface area (Å²) in [6.07, 6.45) is 2.93. The molecule has 1 rings (SSSR count). The van der Waals surface area contributed by atoms with Gasteiger partial charge in [-0.3, -0.25) is 4.90 Å². The van der Waals surface area contributed by atoms with Crippen LogP contribution in [0.5, 0.6) is 0 Å². The summed E-state index contributed by atoms with van der Waals surface area (Å²) in [6.45, 7) is 7.06. The highest BCUT2D eigenvalue weighted by Crippen LogP contribution is 2.12. The number of likely N-dealkylation sites (tertiary alicyclic amines) is 1. The molecule has 1 fully saturated rings. The number of piperidine rings is 1. The van der Waals surface area contributed by atoms with Crippen molar-refractivity contribution in [2.24, 2.45) is 0 Å². The van der Waals surface area contributed by atoms with Crippen molar-refractivity contribution in [3.05, 3.63) is 0 Å². The first kappa shape index (κ1) is 11.0. The molecule has 1 aliphatic rings. The van der Waals surface area contributed by atoms with Gasteiger partial charge in [-0.05, 0) is 26.3 Å². The molecule has 0 radical (unpaired) electrons. The molecule has 1 heterocycles. The van der Waals surface area contributed by atoms with Gasteiger partial charge in [-0.25, -0.2) is 0 Å². The van der Waals surface area contributed by atoms with E-state index in [9.17, 15) is 0 Å². The maximum absolute atomic E-state index is 5.61. The Morgan fingerprint density at radius 2 is 2.31 bits per heavy atom. The van der Waals surface area contributed by atoms with E-state index in [2.05, 4.69) is 11.8 Å². The zero-order chi connectivity index (χ0) is 9.52. The van der Waals surface area contributed by atoms with E-state index in [0.717, 1.165) is 26.3 Å². The SMILES string of the molecule is CCOC1CCCN(CCOC)C1. The number of hydrogen-bond acceptors (Lipinski definition) is 3. The first-order valence-corrected chi connectivity index (χ1v) is 5.19. The standard InChI is InChI=1S/C10H21NO2/c1-3-13-10-5-4-6-11(9-10)7-8-12-2/h10H,3-9H2,1-2H3. The summed E-state index contributed by atoms with van der Waals surface area (Å²) in [7, 11) is 1.75. The van der Waals surface area contributed by atoms with Crippen molar-refractivity contribution in [2.45, 2.75) is 25.9 Å². The molecule has 0 spiro atoms. The maximum atomic E-state index is 5.61. The van der Waals surface area contributed by atoms with Gasteiger partial charge in [0.05, 0.1) is 12.7 Å². The molecule has 0 aromatic rings. The second-order valence-corrected chi connectivity index (χ2v) is 3.51. The molecule has 78 valence electrons. The molecule has 0 aliphatic carbocycles. The number of hydrogen-bond donors (Lipinski definition) is 0. The van der Waals surface area contributed by atoms with Crippen LogP contribution in [0.1, 0.15) is 19.8 Å². The van der Waals surface area contributed by atoms with E-state index in [0.29, 0.717) is 6.10 Å². The summed E-state index contributed by atoms with van der Waals surface area (Å²) in [5, 5.41) is 0. The summed E-state index contributed by atoms with van der Waals surface area (Å²) in [5.41, 5.74) is 0. The molecule has 1 aliphatic heterocycles. The summed E-state index contributed by atoms with van der Waals surface area (Å²) in [5.74, 6) is 0. The van der Waals surface area contributed by atoms with E-state index in [-0.39, 0.29) is 0 Å². The monoisotopic (exact) mass is 187 g/mol. The first-order chi connectivity index (χ1) is 6.36. The van der Waals surface area contributed by atoms with Gasteiger partial charge in [0, 0.05) is 26.8 Å². The van der Waals surface area contributed by atoms with Crippen molar-refractivity contribution in [3.8, 4) is 0 Å². The Bertz CT molecular complexity index is 128. The summed E-state index contributed by atoms with van der Waals surface area (Å²) < 4.78 is 10.7. The van der Waals surface area contributed by atoms with Crippen LogP contribution in [0.15, 0.2) is 0 Å². The zero-order valence-corrected chi connectivity index (χ0v) is 8.79. The molecule has 13 heavy (non-hydrogen) atoms. The molecule has 1 unspecified atom stereocenters. The highest BCUT2D eigenvalue weighted by Gasteiger charge is 2.19. The van der Waals surface area contributed by atoms with E-state index in [1.54, 1.807) is 7.11 Å². The molecule has 0 bridgehead atoms. The van der Waals surface area contributed by atoms with Crippen molar-refractivity contribution < 1.29 is 9.47 Å². The fraction of sp³-hybridized carbons (Fsp3) is 1.00. The van der Waals surface area contributed by atoms with Crippen LogP contribution in [0.3, 0.4) is 0 Å². The lowest BCUT2D eigenvalue weighted by molar-refractivity contribution is 0.0000206. The molecule has 1 atom stereocenters. The van der Waals surface area contributed by atoms with E-state index >= 15 is 0 Å². The van der Waals surface area contributed by atoms with Crippen LogP contribution < -0.4 is 0 Å². The lowest BCUT2D eigenvalue weighted by Crippen LogP contribution is -2.41. The van der Waals surface area contributed by atoms with Crippen molar-refractivity contribution in [2.75, 3.05) is 40.0 Å². The van der Waals surface area contributed by atoms with Crippen molar-refractivity contribution in [3.63, 3.8) is 0 Å². The topological polar surface area (TPSA) is 21.7 Å². The van der Waals surface area contributed by atoms with Crippen molar-refractivity contribution >= 4 is 0 Å². The molecule has 0 saturated carbocycles. The molecule has 0 N–H and O–H groups in total. The second kappa shape index (κ2) is 6.35. The summed E-state index contributed by atoms with van der Waals surface area (Å²) in [4.78, 5) is 2.42. The van der Waals surface area contributed by atoms with Gasteiger partial charge in [0.25, 0.3) is 0 Å². The van der Waals surface area contributed by atoms with Gasteiger partial charge in [0.1, 0.15) is 0 Å². The molecular weight excluding hydrogens is 166 g/mol. The van der Waals surface area contributed by atoms with E-state index in [1.807, 2.05) is 0 Å². The summed E-state index contributed by atoms with van der Waals surface area (Å²) in [6, 6.07) is 0. The van der Waals surface area contributed by atoms with Crippen LogP contribution in [0.2, 0.25) is 0 Å². The average Bonchev–Trinajstić information content (AvgIpc) is 2.16. The van der Waals surface area contributed by atoms with E-state index < -0.39 is 0 Å². The minimum absolute atomic E-state index is 0.454. The minimum atomic E-state index is 0.454. The Morgan fingerprint density at radius 1 is 1.46 bits per heavy atom. The highest BCUT2D eigenvalue weighted by atomic mass is 16.5.